The maximum absolute atomic E-state index is 8.41. The van der Waals surface area contributed by atoms with Crippen molar-refractivity contribution in [3.63, 3.8) is 0 Å². The van der Waals surface area contributed by atoms with Crippen molar-refractivity contribution in [3.05, 3.63) is 27.7 Å². The molecular weight excluding hydrogens is 270 g/mol. The van der Waals surface area contributed by atoms with Gasteiger partial charge in [-0.05, 0) is 37.1 Å². The molecule has 1 aromatic rings. The summed E-state index contributed by atoms with van der Waals surface area (Å²) in [6.07, 6.45) is 0.519. The Morgan fingerprint density at radius 3 is 2.50 bits per heavy atom. The molecule has 0 aliphatic carbocycles. The van der Waals surface area contributed by atoms with Crippen molar-refractivity contribution >= 4 is 27.5 Å². The van der Waals surface area contributed by atoms with Gasteiger partial charge in [-0.15, -0.1) is 0 Å². The summed E-state index contributed by atoms with van der Waals surface area (Å²) in [5, 5.41) is 14.6. The zero-order valence-electron chi connectivity index (χ0n) is 9.42. The molecule has 0 amide bonds. The van der Waals surface area contributed by atoms with E-state index in [1.54, 1.807) is 0 Å². The maximum atomic E-state index is 8.41. The average molecular weight is 286 g/mol. The zero-order chi connectivity index (χ0) is 12.1. The summed E-state index contributed by atoms with van der Waals surface area (Å²) in [6.45, 7) is 4.74. The molecule has 0 fully saturated rings. The number of anilines is 1. The van der Waals surface area contributed by atoms with Crippen LogP contribution in [0, 0.1) is 13.8 Å². The summed E-state index contributed by atoms with van der Waals surface area (Å²) in [7, 11) is 0. The Labute approximate surface area is 104 Å². The van der Waals surface area contributed by atoms with Gasteiger partial charge in [-0.25, -0.2) is 0 Å². The molecule has 0 saturated carbocycles. The molecule has 88 valence electrons. The van der Waals surface area contributed by atoms with Gasteiger partial charge in [0, 0.05) is 23.1 Å². The first kappa shape index (κ1) is 12.8. The van der Waals surface area contributed by atoms with Crippen LogP contribution in [0.1, 0.15) is 17.5 Å². The first-order valence-corrected chi connectivity index (χ1v) is 5.81. The number of benzene rings is 1. The van der Waals surface area contributed by atoms with Gasteiger partial charge < -0.3 is 16.3 Å². The Hall–Kier alpha value is -1.23. The van der Waals surface area contributed by atoms with E-state index < -0.39 is 0 Å². The molecule has 4 N–H and O–H groups in total. The van der Waals surface area contributed by atoms with Crippen molar-refractivity contribution in [1.82, 2.24) is 0 Å². The smallest absolute Gasteiger partial charge is 0.140 e. The maximum Gasteiger partial charge on any atom is 0.140 e. The van der Waals surface area contributed by atoms with Crippen LogP contribution in [0.3, 0.4) is 0 Å². The highest BCUT2D eigenvalue weighted by Gasteiger charge is 2.03. The van der Waals surface area contributed by atoms with E-state index in [1.165, 1.54) is 11.1 Å². The predicted octanol–water partition coefficient (Wildman–Crippen LogP) is 2.61. The molecule has 0 atom stereocenters. The van der Waals surface area contributed by atoms with E-state index in [4.69, 9.17) is 10.9 Å². The molecule has 16 heavy (non-hydrogen) atoms. The number of nitrogens with zero attached hydrogens (tertiary/aromatic N) is 1. The molecule has 0 spiro atoms. The number of hydrogen-bond donors (Lipinski definition) is 3. The second kappa shape index (κ2) is 5.75. The average Bonchev–Trinajstić information content (AvgIpc) is 2.21. The number of aryl methyl sites for hydroxylation is 2. The fourth-order valence-electron chi connectivity index (χ4n) is 1.56. The van der Waals surface area contributed by atoms with Crippen LogP contribution >= 0.6 is 15.9 Å². The van der Waals surface area contributed by atoms with Crippen molar-refractivity contribution in [2.24, 2.45) is 10.9 Å². The largest absolute Gasteiger partial charge is 0.409 e. The molecule has 0 bridgehead atoms. The highest BCUT2D eigenvalue weighted by molar-refractivity contribution is 9.10. The monoisotopic (exact) mass is 285 g/mol. The topological polar surface area (TPSA) is 70.6 Å². The Bertz CT molecular complexity index is 381. The van der Waals surface area contributed by atoms with Crippen molar-refractivity contribution in [3.8, 4) is 0 Å². The molecule has 1 rings (SSSR count). The van der Waals surface area contributed by atoms with Gasteiger partial charge in [0.1, 0.15) is 5.84 Å². The van der Waals surface area contributed by atoms with Crippen molar-refractivity contribution < 1.29 is 5.21 Å². The Kier molecular flexibility index (Phi) is 4.61. The number of hydrogen-bond acceptors (Lipinski definition) is 3. The minimum Gasteiger partial charge on any atom is -0.409 e. The van der Waals surface area contributed by atoms with Crippen LogP contribution in [0.15, 0.2) is 21.8 Å². The van der Waals surface area contributed by atoms with Gasteiger partial charge in [-0.2, -0.15) is 0 Å². The number of halogens is 1. The lowest BCUT2D eigenvalue weighted by molar-refractivity contribution is 0.317. The molecule has 4 nitrogen and oxygen atoms in total. The summed E-state index contributed by atoms with van der Waals surface area (Å²) in [5.74, 6) is 0.236. The summed E-state index contributed by atoms with van der Waals surface area (Å²) in [5.41, 5.74) is 8.84. The second-order valence-electron chi connectivity index (χ2n) is 3.68. The zero-order valence-corrected chi connectivity index (χ0v) is 11.0. The first-order valence-electron chi connectivity index (χ1n) is 5.01. The van der Waals surface area contributed by atoms with Gasteiger partial charge in [0.15, 0.2) is 0 Å². The normalized spacial score (nSPS) is 11.6. The van der Waals surface area contributed by atoms with Crippen LogP contribution in [0.5, 0.6) is 0 Å². The van der Waals surface area contributed by atoms with Crippen LogP contribution in [0.4, 0.5) is 5.69 Å². The van der Waals surface area contributed by atoms with Gasteiger partial charge in [0.2, 0.25) is 0 Å². The number of nitrogens with two attached hydrogens (primary N) is 1. The molecular formula is C11H16BrN3O. The third-order valence-corrected chi connectivity index (χ3v) is 2.77. The Morgan fingerprint density at radius 1 is 1.44 bits per heavy atom. The van der Waals surface area contributed by atoms with Crippen LogP contribution in [0.25, 0.3) is 0 Å². The fourth-order valence-corrected chi connectivity index (χ4v) is 2.24. The molecule has 0 saturated heterocycles. The van der Waals surface area contributed by atoms with Crippen LogP contribution in [-0.2, 0) is 0 Å². The molecule has 0 aliphatic rings. The Balaban J connectivity index is 2.67. The summed E-state index contributed by atoms with van der Waals surface area (Å²) in [6, 6.07) is 4.11. The van der Waals surface area contributed by atoms with E-state index in [0.717, 1.165) is 10.2 Å². The van der Waals surface area contributed by atoms with Gasteiger partial charge >= 0.3 is 0 Å². The Morgan fingerprint density at radius 2 is 2.00 bits per heavy atom. The highest BCUT2D eigenvalue weighted by atomic mass is 79.9. The van der Waals surface area contributed by atoms with E-state index in [2.05, 4.69) is 38.5 Å². The van der Waals surface area contributed by atoms with Gasteiger partial charge in [0.25, 0.3) is 0 Å². The standard InChI is InChI=1S/C11H16BrN3O/c1-7-5-9(12)6-8(2)11(7)14-4-3-10(13)15-16/h5-6,14,16H,3-4H2,1-2H3,(H2,13,15). The van der Waals surface area contributed by atoms with Gasteiger partial charge in [-0.3, -0.25) is 0 Å². The number of nitrogens with one attached hydrogen (secondary N) is 1. The van der Waals surface area contributed by atoms with Crippen LogP contribution in [0.2, 0.25) is 0 Å². The molecule has 0 aliphatic heterocycles. The minimum absolute atomic E-state index is 0.236. The lowest BCUT2D eigenvalue weighted by Crippen LogP contribution is -2.17. The predicted molar refractivity (Wildman–Crippen MR) is 70.1 cm³/mol. The molecule has 5 heteroatoms. The lowest BCUT2D eigenvalue weighted by Gasteiger charge is -2.12. The van der Waals surface area contributed by atoms with Gasteiger partial charge in [0.05, 0.1) is 0 Å². The van der Waals surface area contributed by atoms with Crippen LogP contribution in [-0.4, -0.2) is 17.6 Å². The van der Waals surface area contributed by atoms with E-state index in [1.807, 2.05) is 13.8 Å². The summed E-state index contributed by atoms with van der Waals surface area (Å²) >= 11 is 3.45. The molecule has 0 unspecified atom stereocenters. The van der Waals surface area contributed by atoms with E-state index in [9.17, 15) is 0 Å². The fraction of sp³-hybridized carbons (Fsp3) is 0.364. The van der Waals surface area contributed by atoms with Crippen molar-refractivity contribution in [2.75, 3.05) is 11.9 Å². The summed E-state index contributed by atoms with van der Waals surface area (Å²) in [4.78, 5) is 0. The first-order chi connectivity index (χ1) is 7.54. The second-order valence-corrected chi connectivity index (χ2v) is 4.60. The third-order valence-electron chi connectivity index (χ3n) is 2.31. The quantitative estimate of drug-likeness (QED) is 0.345. The number of oxime groups is 1. The molecule has 1 aromatic carbocycles. The van der Waals surface area contributed by atoms with Gasteiger partial charge in [-0.1, -0.05) is 21.1 Å². The number of rotatable bonds is 4. The van der Waals surface area contributed by atoms with E-state index in [0.29, 0.717) is 13.0 Å². The minimum atomic E-state index is 0.236. The SMILES string of the molecule is Cc1cc(Br)cc(C)c1NCCC(N)=NO. The van der Waals surface area contributed by atoms with Crippen molar-refractivity contribution in [2.45, 2.75) is 20.3 Å². The summed E-state index contributed by atoms with van der Waals surface area (Å²) < 4.78 is 1.07. The van der Waals surface area contributed by atoms with E-state index >= 15 is 0 Å². The van der Waals surface area contributed by atoms with Crippen LogP contribution < -0.4 is 11.1 Å². The lowest BCUT2D eigenvalue weighted by atomic mass is 10.1. The highest BCUT2D eigenvalue weighted by Crippen LogP contribution is 2.24. The number of amidine groups is 1. The van der Waals surface area contributed by atoms with E-state index in [-0.39, 0.29) is 5.84 Å². The van der Waals surface area contributed by atoms with Crippen molar-refractivity contribution in [1.29, 1.82) is 0 Å². The molecule has 0 heterocycles. The molecule has 0 radical (unpaired) electrons. The third kappa shape index (κ3) is 3.41. The molecule has 0 aromatic heterocycles.